The maximum absolute atomic E-state index is 12.6. The number of hydrogen-bond donors (Lipinski definition) is 1. The Labute approximate surface area is 143 Å². The molecule has 2 fully saturated rings. The molecule has 1 aromatic rings. The standard InChI is InChI=1S/C17H20F3NO4/c18-17(19,20)25-14-4-2-1-3-13(14)15(23)21-8-6-16(7-9-21)11-12(22)5-10-24-16/h1-4,12,22H,5-11H2. The number of carbonyl (C=O) groups is 1. The smallest absolute Gasteiger partial charge is 0.405 e. The molecule has 1 aromatic carbocycles. The summed E-state index contributed by atoms with van der Waals surface area (Å²) in [5.74, 6) is -0.990. The molecule has 138 valence electrons. The van der Waals surface area contributed by atoms with Gasteiger partial charge in [-0.1, -0.05) is 12.1 Å². The van der Waals surface area contributed by atoms with E-state index in [2.05, 4.69) is 4.74 Å². The van der Waals surface area contributed by atoms with Crippen LogP contribution in [0.3, 0.4) is 0 Å². The quantitative estimate of drug-likeness (QED) is 0.882. The van der Waals surface area contributed by atoms with Gasteiger partial charge in [-0.3, -0.25) is 4.79 Å². The van der Waals surface area contributed by atoms with E-state index in [1.807, 2.05) is 0 Å². The van der Waals surface area contributed by atoms with Crippen molar-refractivity contribution in [3.63, 3.8) is 0 Å². The third kappa shape index (κ3) is 4.24. The minimum atomic E-state index is -4.85. The number of carbonyl (C=O) groups excluding carboxylic acids is 1. The highest BCUT2D eigenvalue weighted by atomic mass is 19.4. The van der Waals surface area contributed by atoms with Crippen LogP contribution in [0, 0.1) is 0 Å². The fourth-order valence-electron chi connectivity index (χ4n) is 3.50. The third-order valence-corrected chi connectivity index (χ3v) is 4.77. The zero-order valence-corrected chi connectivity index (χ0v) is 13.6. The number of benzene rings is 1. The summed E-state index contributed by atoms with van der Waals surface area (Å²) in [6.45, 7) is 1.22. The van der Waals surface area contributed by atoms with Crippen LogP contribution >= 0.6 is 0 Å². The number of hydrogen-bond acceptors (Lipinski definition) is 4. The molecule has 0 aromatic heterocycles. The molecule has 2 saturated heterocycles. The second-order valence-corrected chi connectivity index (χ2v) is 6.51. The van der Waals surface area contributed by atoms with Gasteiger partial charge in [-0.15, -0.1) is 13.2 Å². The molecule has 1 unspecified atom stereocenters. The first kappa shape index (κ1) is 18.0. The average molecular weight is 359 g/mol. The summed E-state index contributed by atoms with van der Waals surface area (Å²) in [4.78, 5) is 14.1. The van der Waals surface area contributed by atoms with Crippen molar-refractivity contribution in [3.8, 4) is 5.75 Å². The predicted octanol–water partition coefficient (Wildman–Crippen LogP) is 2.73. The Morgan fingerprint density at radius 2 is 1.96 bits per heavy atom. The van der Waals surface area contributed by atoms with E-state index in [0.29, 0.717) is 45.4 Å². The predicted molar refractivity (Wildman–Crippen MR) is 82.2 cm³/mol. The Kier molecular flexibility index (Phi) is 4.92. The molecule has 0 aliphatic carbocycles. The second-order valence-electron chi connectivity index (χ2n) is 6.51. The van der Waals surface area contributed by atoms with Gasteiger partial charge in [-0.25, -0.2) is 0 Å². The maximum atomic E-state index is 12.6. The average Bonchev–Trinajstić information content (AvgIpc) is 2.54. The number of para-hydroxylation sites is 1. The Morgan fingerprint density at radius 1 is 1.28 bits per heavy atom. The van der Waals surface area contributed by atoms with Crippen LogP contribution in [0.2, 0.25) is 0 Å². The molecule has 5 nitrogen and oxygen atoms in total. The molecule has 25 heavy (non-hydrogen) atoms. The van der Waals surface area contributed by atoms with Crippen LogP contribution in [-0.4, -0.2) is 53.7 Å². The molecule has 2 aliphatic heterocycles. The van der Waals surface area contributed by atoms with Crippen molar-refractivity contribution in [1.82, 2.24) is 4.90 Å². The van der Waals surface area contributed by atoms with Crippen LogP contribution in [0.15, 0.2) is 24.3 Å². The van der Waals surface area contributed by atoms with Gasteiger partial charge in [-0.05, 0) is 31.4 Å². The summed E-state index contributed by atoms with van der Waals surface area (Å²) in [5.41, 5.74) is -0.545. The van der Waals surface area contributed by atoms with Crippen LogP contribution in [-0.2, 0) is 4.74 Å². The van der Waals surface area contributed by atoms with Gasteiger partial charge >= 0.3 is 6.36 Å². The number of amides is 1. The zero-order valence-electron chi connectivity index (χ0n) is 13.6. The first-order valence-electron chi connectivity index (χ1n) is 8.24. The molecule has 1 amide bonds. The van der Waals surface area contributed by atoms with Gasteiger partial charge in [0, 0.05) is 26.1 Å². The third-order valence-electron chi connectivity index (χ3n) is 4.77. The van der Waals surface area contributed by atoms with Crippen LogP contribution in [0.5, 0.6) is 5.75 Å². The van der Waals surface area contributed by atoms with E-state index in [4.69, 9.17) is 4.74 Å². The van der Waals surface area contributed by atoms with E-state index in [0.717, 1.165) is 6.07 Å². The van der Waals surface area contributed by atoms with Crippen LogP contribution < -0.4 is 4.74 Å². The van der Waals surface area contributed by atoms with Crippen LogP contribution in [0.4, 0.5) is 13.2 Å². The van der Waals surface area contributed by atoms with Crippen molar-refractivity contribution in [1.29, 1.82) is 0 Å². The molecule has 0 saturated carbocycles. The number of nitrogens with zero attached hydrogens (tertiary/aromatic N) is 1. The molecule has 8 heteroatoms. The molecule has 1 N–H and O–H groups in total. The summed E-state index contributed by atoms with van der Waals surface area (Å²) >= 11 is 0. The number of piperidine rings is 1. The molecule has 2 heterocycles. The molecule has 2 aliphatic rings. The molecular weight excluding hydrogens is 339 g/mol. The minimum Gasteiger partial charge on any atom is -0.405 e. The highest BCUT2D eigenvalue weighted by Crippen LogP contribution is 2.36. The Morgan fingerprint density at radius 3 is 2.60 bits per heavy atom. The number of halogens is 3. The summed E-state index contributed by atoms with van der Waals surface area (Å²) in [5, 5.41) is 9.84. The fourth-order valence-corrected chi connectivity index (χ4v) is 3.50. The molecule has 3 rings (SSSR count). The topological polar surface area (TPSA) is 59.0 Å². The van der Waals surface area contributed by atoms with Gasteiger partial charge in [0.05, 0.1) is 17.3 Å². The lowest BCUT2D eigenvalue weighted by atomic mass is 9.83. The maximum Gasteiger partial charge on any atom is 0.573 e. The van der Waals surface area contributed by atoms with Gasteiger partial charge in [-0.2, -0.15) is 0 Å². The Balaban J connectivity index is 1.69. The van der Waals surface area contributed by atoms with Gasteiger partial charge in [0.15, 0.2) is 0 Å². The highest BCUT2D eigenvalue weighted by molar-refractivity contribution is 5.97. The van der Waals surface area contributed by atoms with Crippen molar-refractivity contribution in [2.45, 2.75) is 43.8 Å². The van der Waals surface area contributed by atoms with E-state index in [1.165, 1.54) is 23.1 Å². The molecule has 1 atom stereocenters. The molecular formula is C17H20F3NO4. The van der Waals surface area contributed by atoms with Crippen molar-refractivity contribution >= 4 is 5.91 Å². The van der Waals surface area contributed by atoms with E-state index in [9.17, 15) is 23.1 Å². The normalized spacial score (nSPS) is 23.5. The van der Waals surface area contributed by atoms with Gasteiger partial charge in [0.25, 0.3) is 5.91 Å². The van der Waals surface area contributed by atoms with Crippen molar-refractivity contribution in [2.75, 3.05) is 19.7 Å². The van der Waals surface area contributed by atoms with E-state index in [-0.39, 0.29) is 5.56 Å². The largest absolute Gasteiger partial charge is 0.573 e. The van der Waals surface area contributed by atoms with Crippen LogP contribution in [0.25, 0.3) is 0 Å². The van der Waals surface area contributed by atoms with Crippen molar-refractivity contribution in [2.24, 2.45) is 0 Å². The lowest BCUT2D eigenvalue weighted by Gasteiger charge is -2.45. The number of rotatable bonds is 2. The van der Waals surface area contributed by atoms with Gasteiger partial charge in [0.1, 0.15) is 5.75 Å². The number of likely N-dealkylation sites (tertiary alicyclic amines) is 1. The summed E-state index contributed by atoms with van der Waals surface area (Å²) in [6, 6.07) is 5.35. The first-order valence-corrected chi connectivity index (χ1v) is 8.24. The molecule has 1 spiro atoms. The van der Waals surface area contributed by atoms with Crippen LogP contribution in [0.1, 0.15) is 36.0 Å². The summed E-state index contributed by atoms with van der Waals surface area (Å²) in [7, 11) is 0. The van der Waals surface area contributed by atoms with Gasteiger partial charge < -0.3 is 19.5 Å². The van der Waals surface area contributed by atoms with E-state index in [1.54, 1.807) is 0 Å². The summed E-state index contributed by atoms with van der Waals surface area (Å²) < 4.78 is 47.3. The van der Waals surface area contributed by atoms with Gasteiger partial charge in [0.2, 0.25) is 0 Å². The minimum absolute atomic E-state index is 0.111. The Hall–Kier alpha value is -1.80. The Bertz CT molecular complexity index is 627. The number of alkyl halides is 3. The lowest BCUT2D eigenvalue weighted by Crippen LogP contribution is -2.51. The highest BCUT2D eigenvalue weighted by Gasteiger charge is 2.41. The molecule has 0 bridgehead atoms. The van der Waals surface area contributed by atoms with Crippen molar-refractivity contribution in [3.05, 3.63) is 29.8 Å². The van der Waals surface area contributed by atoms with E-state index < -0.39 is 29.7 Å². The summed E-state index contributed by atoms with van der Waals surface area (Å²) in [6.07, 6.45) is -3.02. The van der Waals surface area contributed by atoms with Crippen molar-refractivity contribution < 1.29 is 32.5 Å². The number of aliphatic hydroxyl groups is 1. The monoisotopic (exact) mass is 359 g/mol. The SMILES string of the molecule is O=C(c1ccccc1OC(F)(F)F)N1CCC2(CC1)CC(O)CCO2. The number of ether oxygens (including phenoxy) is 2. The molecule has 0 radical (unpaired) electrons. The first-order chi connectivity index (χ1) is 11.8. The second kappa shape index (κ2) is 6.84. The lowest BCUT2D eigenvalue weighted by molar-refractivity contribution is -0.274. The zero-order chi connectivity index (χ0) is 18.1. The fraction of sp³-hybridized carbons (Fsp3) is 0.588. The number of aliphatic hydroxyl groups excluding tert-OH is 1. The van der Waals surface area contributed by atoms with E-state index >= 15 is 0 Å².